The summed E-state index contributed by atoms with van der Waals surface area (Å²) in [6.07, 6.45) is 1.69. The van der Waals surface area contributed by atoms with Crippen LogP contribution in [0.25, 0.3) is 0 Å². The lowest BCUT2D eigenvalue weighted by molar-refractivity contribution is -0.385. The number of benzene rings is 1. The van der Waals surface area contributed by atoms with E-state index in [1.54, 1.807) is 11.0 Å². The lowest BCUT2D eigenvalue weighted by Gasteiger charge is -2.35. The highest BCUT2D eigenvalue weighted by Crippen LogP contribution is 2.38. The van der Waals surface area contributed by atoms with Gasteiger partial charge in [0.1, 0.15) is 17.2 Å². The number of anilines is 1. The van der Waals surface area contributed by atoms with E-state index >= 15 is 0 Å². The van der Waals surface area contributed by atoms with Crippen LogP contribution in [-0.4, -0.2) is 28.1 Å². The van der Waals surface area contributed by atoms with Gasteiger partial charge in [0.2, 0.25) is 0 Å². The van der Waals surface area contributed by atoms with Crippen LogP contribution in [-0.2, 0) is 4.79 Å². The van der Waals surface area contributed by atoms with Gasteiger partial charge in [0.05, 0.1) is 4.92 Å². The van der Waals surface area contributed by atoms with Gasteiger partial charge in [-0.3, -0.25) is 10.1 Å². The number of nitro benzene ring substituents is 1. The van der Waals surface area contributed by atoms with Crippen LogP contribution >= 0.6 is 0 Å². The van der Waals surface area contributed by atoms with Crippen LogP contribution in [0.2, 0.25) is 0 Å². The Labute approximate surface area is 121 Å². The van der Waals surface area contributed by atoms with Crippen molar-refractivity contribution >= 4 is 17.3 Å². The van der Waals surface area contributed by atoms with Crippen molar-refractivity contribution in [3.8, 4) is 6.07 Å². The highest BCUT2D eigenvalue weighted by atomic mass is 16.6. The molecule has 1 aromatic carbocycles. The summed E-state index contributed by atoms with van der Waals surface area (Å²) in [6, 6.07) is 5.97. The lowest BCUT2D eigenvalue weighted by atomic mass is 9.92. The molecule has 1 unspecified atom stereocenters. The van der Waals surface area contributed by atoms with Crippen molar-refractivity contribution in [2.75, 3.05) is 11.4 Å². The number of carboxylic acids is 1. The van der Waals surface area contributed by atoms with Crippen LogP contribution in [0.3, 0.4) is 0 Å². The van der Waals surface area contributed by atoms with E-state index in [1.807, 2.05) is 6.92 Å². The summed E-state index contributed by atoms with van der Waals surface area (Å²) < 4.78 is 0. The quantitative estimate of drug-likeness (QED) is 0.673. The van der Waals surface area contributed by atoms with E-state index in [0.717, 1.165) is 6.42 Å². The zero-order valence-electron chi connectivity index (χ0n) is 11.6. The predicted octanol–water partition coefficient (Wildman–Crippen LogP) is 2.30. The molecule has 7 nitrogen and oxygen atoms in total. The maximum atomic E-state index is 11.7. The summed E-state index contributed by atoms with van der Waals surface area (Å²) in [7, 11) is 0. The molecule has 0 amide bonds. The normalized spacial score (nSPS) is 21.0. The van der Waals surface area contributed by atoms with E-state index in [9.17, 15) is 20.0 Å². The average Bonchev–Trinajstić information content (AvgIpc) is 2.91. The van der Waals surface area contributed by atoms with Crippen molar-refractivity contribution in [2.45, 2.75) is 31.7 Å². The van der Waals surface area contributed by atoms with Crippen LogP contribution in [0.15, 0.2) is 18.2 Å². The van der Waals surface area contributed by atoms with Crippen LogP contribution in [0.4, 0.5) is 11.4 Å². The average molecular weight is 289 g/mol. The van der Waals surface area contributed by atoms with Crippen molar-refractivity contribution in [1.29, 1.82) is 5.26 Å². The third-order valence-electron chi connectivity index (χ3n) is 4.08. The first kappa shape index (κ1) is 14.8. The van der Waals surface area contributed by atoms with Gasteiger partial charge in [0.15, 0.2) is 0 Å². The van der Waals surface area contributed by atoms with Gasteiger partial charge in [-0.25, -0.2) is 4.79 Å². The lowest BCUT2D eigenvalue weighted by Crippen LogP contribution is -2.50. The highest BCUT2D eigenvalue weighted by Gasteiger charge is 2.46. The number of carboxylic acid groups (broad SMARTS) is 1. The fourth-order valence-electron chi connectivity index (χ4n) is 2.94. The minimum absolute atomic E-state index is 0.0557. The van der Waals surface area contributed by atoms with Gasteiger partial charge < -0.3 is 10.0 Å². The number of aliphatic carboxylic acids is 1. The summed E-state index contributed by atoms with van der Waals surface area (Å²) in [4.78, 5) is 23.6. The minimum atomic E-state index is -0.997. The Balaban J connectivity index is 2.49. The number of hydrogen-bond donors (Lipinski definition) is 1. The number of carbonyl (C=O) groups is 1. The van der Waals surface area contributed by atoms with E-state index in [-0.39, 0.29) is 11.3 Å². The van der Waals surface area contributed by atoms with E-state index in [2.05, 4.69) is 0 Å². The van der Waals surface area contributed by atoms with E-state index < -0.39 is 16.4 Å². The molecular weight excluding hydrogens is 274 g/mol. The van der Waals surface area contributed by atoms with Crippen molar-refractivity contribution in [3.63, 3.8) is 0 Å². The zero-order chi connectivity index (χ0) is 15.6. The molecule has 7 heteroatoms. The van der Waals surface area contributed by atoms with Gasteiger partial charge in [-0.2, -0.15) is 5.26 Å². The maximum Gasteiger partial charge on any atom is 0.329 e. The first-order valence-electron chi connectivity index (χ1n) is 6.66. The minimum Gasteiger partial charge on any atom is -0.479 e. The van der Waals surface area contributed by atoms with Crippen LogP contribution in [0.1, 0.15) is 31.7 Å². The molecule has 0 bridgehead atoms. The van der Waals surface area contributed by atoms with E-state index in [4.69, 9.17) is 5.26 Å². The summed E-state index contributed by atoms with van der Waals surface area (Å²) in [6.45, 7) is 2.37. The molecule has 1 atom stereocenters. The van der Waals surface area contributed by atoms with Crippen LogP contribution in [0.5, 0.6) is 0 Å². The Hall–Kier alpha value is -2.62. The smallest absolute Gasteiger partial charge is 0.329 e. The second-order valence-electron chi connectivity index (χ2n) is 5.02. The summed E-state index contributed by atoms with van der Waals surface area (Å²) >= 11 is 0. The highest BCUT2D eigenvalue weighted by molar-refractivity contribution is 5.84. The Morgan fingerprint density at radius 1 is 1.62 bits per heavy atom. The third kappa shape index (κ3) is 2.29. The molecular formula is C14H15N3O4. The Morgan fingerprint density at radius 3 is 2.86 bits per heavy atom. The summed E-state index contributed by atoms with van der Waals surface area (Å²) in [5.41, 5.74) is -0.778. The largest absolute Gasteiger partial charge is 0.479 e. The molecule has 0 saturated carbocycles. The number of rotatable bonds is 4. The Morgan fingerprint density at radius 2 is 2.33 bits per heavy atom. The van der Waals surface area contributed by atoms with Gasteiger partial charge >= 0.3 is 5.97 Å². The topological polar surface area (TPSA) is 107 Å². The van der Waals surface area contributed by atoms with Crippen molar-refractivity contribution in [3.05, 3.63) is 33.9 Å². The molecule has 1 aromatic rings. The molecule has 0 aromatic heterocycles. The van der Waals surface area contributed by atoms with Gasteiger partial charge in [0.25, 0.3) is 5.69 Å². The zero-order valence-corrected chi connectivity index (χ0v) is 11.6. The van der Waals surface area contributed by atoms with Crippen LogP contribution in [0, 0.1) is 21.4 Å². The molecule has 1 fully saturated rings. The number of nitriles is 1. The summed E-state index contributed by atoms with van der Waals surface area (Å²) in [5.74, 6) is -0.903. The number of nitro groups is 1. The molecule has 21 heavy (non-hydrogen) atoms. The van der Waals surface area contributed by atoms with Gasteiger partial charge in [-0.15, -0.1) is 0 Å². The molecule has 1 aliphatic heterocycles. The van der Waals surface area contributed by atoms with Crippen molar-refractivity contribution in [1.82, 2.24) is 0 Å². The molecule has 0 aliphatic carbocycles. The van der Waals surface area contributed by atoms with Crippen molar-refractivity contribution < 1.29 is 14.8 Å². The number of nitrogens with zero attached hydrogens (tertiary/aromatic N) is 3. The molecule has 110 valence electrons. The second-order valence-corrected chi connectivity index (χ2v) is 5.02. The fraction of sp³-hybridized carbons (Fsp3) is 0.429. The second kappa shape index (κ2) is 5.40. The first-order valence-corrected chi connectivity index (χ1v) is 6.66. The molecule has 1 heterocycles. The van der Waals surface area contributed by atoms with Gasteiger partial charge in [-0.1, -0.05) is 6.92 Å². The fourth-order valence-corrected chi connectivity index (χ4v) is 2.94. The molecule has 1 N–H and O–H groups in total. The Bertz CT molecular complexity index is 638. The maximum absolute atomic E-state index is 11.7. The molecule has 1 saturated heterocycles. The standard InChI is InChI=1S/C14H15N3O4/c1-2-14(13(18)19)6-3-7-16(14)11-4-5-12(17(20)21)10(8-11)9-15/h4-5,8H,2-3,6-7H2,1H3,(H,18,19). The van der Waals surface area contributed by atoms with E-state index in [0.29, 0.717) is 25.1 Å². The molecule has 2 rings (SSSR count). The monoisotopic (exact) mass is 289 g/mol. The molecule has 0 radical (unpaired) electrons. The van der Waals surface area contributed by atoms with Crippen molar-refractivity contribution in [2.24, 2.45) is 0 Å². The van der Waals surface area contributed by atoms with Crippen LogP contribution < -0.4 is 4.90 Å². The SMILES string of the molecule is CCC1(C(=O)O)CCCN1c1ccc([N+](=O)[O-])c(C#N)c1. The molecule has 1 aliphatic rings. The van der Waals surface area contributed by atoms with Gasteiger partial charge in [-0.05, 0) is 31.4 Å². The molecule has 0 spiro atoms. The van der Waals surface area contributed by atoms with Gasteiger partial charge in [0, 0.05) is 18.3 Å². The Kier molecular flexibility index (Phi) is 3.80. The third-order valence-corrected chi connectivity index (χ3v) is 4.08. The first-order chi connectivity index (χ1) is 9.96. The number of hydrogen-bond acceptors (Lipinski definition) is 5. The predicted molar refractivity (Wildman–Crippen MR) is 75.0 cm³/mol. The van der Waals surface area contributed by atoms with E-state index in [1.165, 1.54) is 18.2 Å². The summed E-state index contributed by atoms with van der Waals surface area (Å²) in [5, 5.41) is 29.4.